The lowest BCUT2D eigenvalue weighted by Crippen LogP contribution is -2.13. The summed E-state index contributed by atoms with van der Waals surface area (Å²) >= 11 is 0. The van der Waals surface area contributed by atoms with E-state index in [-0.39, 0.29) is 5.82 Å². The average molecular weight is 275 g/mol. The van der Waals surface area contributed by atoms with E-state index in [1.165, 1.54) is 12.1 Å². The molecule has 2 rings (SSSR count). The largest absolute Gasteiger partial charge is 0.496 e. The van der Waals surface area contributed by atoms with Crippen LogP contribution in [-0.2, 0) is 0 Å². The van der Waals surface area contributed by atoms with E-state index >= 15 is 0 Å². The Kier molecular flexibility index (Phi) is 4.25. The summed E-state index contributed by atoms with van der Waals surface area (Å²) in [5.74, 6) is 0.316. The monoisotopic (exact) mass is 275 g/mol. The molecular weight excluding hydrogens is 257 g/mol. The molecule has 1 atom stereocenters. The maximum Gasteiger partial charge on any atom is 0.126 e. The van der Waals surface area contributed by atoms with Crippen molar-refractivity contribution in [1.29, 1.82) is 0 Å². The van der Waals surface area contributed by atoms with E-state index < -0.39 is 6.10 Å². The Morgan fingerprint density at radius 3 is 2.50 bits per heavy atom. The molecule has 0 fully saturated rings. The van der Waals surface area contributed by atoms with Gasteiger partial charge in [0.25, 0.3) is 0 Å². The van der Waals surface area contributed by atoms with Crippen molar-refractivity contribution in [2.45, 2.75) is 13.0 Å². The smallest absolute Gasteiger partial charge is 0.126 e. The quantitative estimate of drug-likeness (QED) is 0.924. The van der Waals surface area contributed by atoms with Crippen molar-refractivity contribution in [2.24, 2.45) is 0 Å². The summed E-state index contributed by atoms with van der Waals surface area (Å²) in [6.07, 6.45) is -0.683. The molecule has 0 bridgehead atoms. The van der Waals surface area contributed by atoms with Gasteiger partial charge in [-0.15, -0.1) is 0 Å². The summed E-state index contributed by atoms with van der Waals surface area (Å²) in [7, 11) is 3.39. The summed E-state index contributed by atoms with van der Waals surface area (Å²) in [4.78, 5) is 1.83. The SMILES string of the molecule is COc1cccc(N(C)c2cccc(F)c2)c1[C@H](C)O. The number of nitrogens with zero attached hydrogens (tertiary/aromatic N) is 1. The first kappa shape index (κ1) is 14.3. The second-order valence-corrected chi connectivity index (χ2v) is 4.61. The minimum absolute atomic E-state index is 0.296. The van der Waals surface area contributed by atoms with Gasteiger partial charge in [-0.25, -0.2) is 4.39 Å². The first-order chi connectivity index (χ1) is 9.54. The number of aliphatic hydroxyl groups excluding tert-OH is 1. The fraction of sp³-hybridized carbons (Fsp3) is 0.250. The van der Waals surface area contributed by atoms with Crippen molar-refractivity contribution in [3.8, 4) is 5.75 Å². The van der Waals surface area contributed by atoms with Crippen LogP contribution in [0.4, 0.5) is 15.8 Å². The lowest BCUT2D eigenvalue weighted by Gasteiger charge is -2.25. The molecule has 2 aromatic carbocycles. The molecule has 20 heavy (non-hydrogen) atoms. The van der Waals surface area contributed by atoms with Crippen molar-refractivity contribution in [1.82, 2.24) is 0 Å². The molecule has 0 aliphatic carbocycles. The molecule has 0 radical (unpaired) electrons. The number of ether oxygens (including phenoxy) is 1. The topological polar surface area (TPSA) is 32.7 Å². The van der Waals surface area contributed by atoms with Crippen LogP contribution in [0.2, 0.25) is 0 Å². The Labute approximate surface area is 118 Å². The molecule has 106 valence electrons. The highest BCUT2D eigenvalue weighted by Gasteiger charge is 2.17. The number of aliphatic hydroxyl groups is 1. The van der Waals surface area contributed by atoms with Gasteiger partial charge >= 0.3 is 0 Å². The molecule has 0 unspecified atom stereocenters. The van der Waals surface area contributed by atoms with Gasteiger partial charge < -0.3 is 14.7 Å². The maximum atomic E-state index is 13.3. The van der Waals surface area contributed by atoms with Gasteiger partial charge in [-0.2, -0.15) is 0 Å². The van der Waals surface area contributed by atoms with E-state index in [4.69, 9.17) is 4.74 Å². The van der Waals surface area contributed by atoms with Gasteiger partial charge in [0.2, 0.25) is 0 Å². The summed E-state index contributed by atoms with van der Waals surface area (Å²) in [6, 6.07) is 11.8. The zero-order valence-corrected chi connectivity index (χ0v) is 11.8. The minimum atomic E-state index is -0.683. The minimum Gasteiger partial charge on any atom is -0.496 e. The zero-order chi connectivity index (χ0) is 14.7. The lowest BCUT2D eigenvalue weighted by atomic mass is 10.1. The molecule has 0 saturated heterocycles. The fourth-order valence-electron chi connectivity index (χ4n) is 2.25. The Balaban J connectivity index is 2.52. The summed E-state index contributed by atoms with van der Waals surface area (Å²) in [6.45, 7) is 1.68. The van der Waals surface area contributed by atoms with Crippen LogP contribution in [-0.4, -0.2) is 19.3 Å². The van der Waals surface area contributed by atoms with Crippen LogP contribution in [0, 0.1) is 5.82 Å². The highest BCUT2D eigenvalue weighted by atomic mass is 19.1. The predicted molar refractivity (Wildman–Crippen MR) is 78.1 cm³/mol. The average Bonchev–Trinajstić information content (AvgIpc) is 2.45. The molecule has 0 saturated carbocycles. The molecule has 0 aliphatic heterocycles. The number of anilines is 2. The number of halogens is 1. The normalized spacial score (nSPS) is 12.1. The third-order valence-electron chi connectivity index (χ3n) is 3.24. The molecule has 0 heterocycles. The van der Waals surface area contributed by atoms with E-state index in [0.717, 1.165) is 5.69 Å². The van der Waals surface area contributed by atoms with E-state index in [0.29, 0.717) is 17.0 Å². The van der Waals surface area contributed by atoms with Crippen molar-refractivity contribution in [3.05, 3.63) is 53.8 Å². The van der Waals surface area contributed by atoms with Crippen molar-refractivity contribution in [3.63, 3.8) is 0 Å². The van der Waals surface area contributed by atoms with E-state index in [1.807, 2.05) is 30.1 Å². The molecule has 1 N–H and O–H groups in total. The van der Waals surface area contributed by atoms with Crippen LogP contribution in [0.5, 0.6) is 5.75 Å². The van der Waals surface area contributed by atoms with Crippen LogP contribution in [0.15, 0.2) is 42.5 Å². The van der Waals surface area contributed by atoms with Gasteiger partial charge in [-0.1, -0.05) is 12.1 Å². The Morgan fingerprint density at radius 1 is 1.20 bits per heavy atom. The van der Waals surface area contributed by atoms with Crippen LogP contribution >= 0.6 is 0 Å². The highest BCUT2D eigenvalue weighted by Crippen LogP contribution is 2.37. The second kappa shape index (κ2) is 5.92. The molecule has 0 amide bonds. The van der Waals surface area contributed by atoms with Crippen molar-refractivity contribution < 1.29 is 14.2 Å². The molecular formula is C16H18FNO2. The van der Waals surface area contributed by atoms with E-state index in [1.54, 1.807) is 26.2 Å². The van der Waals surface area contributed by atoms with Crippen LogP contribution in [0.3, 0.4) is 0 Å². The number of hydrogen-bond donors (Lipinski definition) is 1. The van der Waals surface area contributed by atoms with Gasteiger partial charge in [-0.05, 0) is 37.3 Å². The van der Waals surface area contributed by atoms with Crippen molar-refractivity contribution in [2.75, 3.05) is 19.1 Å². The third-order valence-corrected chi connectivity index (χ3v) is 3.24. The summed E-state index contributed by atoms with van der Waals surface area (Å²) in [5, 5.41) is 9.99. The maximum absolute atomic E-state index is 13.3. The van der Waals surface area contributed by atoms with Crippen LogP contribution in [0.1, 0.15) is 18.6 Å². The fourth-order valence-corrected chi connectivity index (χ4v) is 2.25. The molecule has 0 aliphatic rings. The zero-order valence-electron chi connectivity index (χ0n) is 11.8. The molecule has 0 aromatic heterocycles. The summed E-state index contributed by atoms with van der Waals surface area (Å²) in [5.41, 5.74) is 2.17. The Bertz CT molecular complexity index is 599. The van der Waals surface area contributed by atoms with E-state index in [9.17, 15) is 9.50 Å². The first-order valence-corrected chi connectivity index (χ1v) is 6.39. The van der Waals surface area contributed by atoms with Crippen molar-refractivity contribution >= 4 is 11.4 Å². The van der Waals surface area contributed by atoms with Crippen LogP contribution in [0.25, 0.3) is 0 Å². The van der Waals surface area contributed by atoms with Gasteiger partial charge in [0.15, 0.2) is 0 Å². The number of benzene rings is 2. The number of rotatable bonds is 4. The molecule has 4 heteroatoms. The molecule has 2 aromatic rings. The molecule has 3 nitrogen and oxygen atoms in total. The van der Waals surface area contributed by atoms with Gasteiger partial charge in [0.05, 0.1) is 18.9 Å². The molecule has 0 spiro atoms. The van der Waals surface area contributed by atoms with Crippen LogP contribution < -0.4 is 9.64 Å². The lowest BCUT2D eigenvalue weighted by molar-refractivity contribution is 0.195. The summed E-state index contributed by atoms with van der Waals surface area (Å²) < 4.78 is 18.6. The highest BCUT2D eigenvalue weighted by molar-refractivity contribution is 5.69. The number of methoxy groups -OCH3 is 1. The van der Waals surface area contributed by atoms with Gasteiger partial charge in [-0.3, -0.25) is 0 Å². The van der Waals surface area contributed by atoms with Gasteiger partial charge in [0, 0.05) is 18.3 Å². The second-order valence-electron chi connectivity index (χ2n) is 4.61. The van der Waals surface area contributed by atoms with Gasteiger partial charge in [0.1, 0.15) is 11.6 Å². The predicted octanol–water partition coefficient (Wildman–Crippen LogP) is 3.66. The Hall–Kier alpha value is -2.07. The number of hydrogen-bond acceptors (Lipinski definition) is 3. The third kappa shape index (κ3) is 2.75. The Morgan fingerprint density at radius 2 is 1.90 bits per heavy atom. The van der Waals surface area contributed by atoms with E-state index in [2.05, 4.69) is 0 Å². The standard InChI is InChI=1S/C16H18FNO2/c1-11(19)16-14(8-5-9-15(16)20-3)18(2)13-7-4-6-12(17)10-13/h4-11,19H,1-3H3/t11-/m0/s1. The first-order valence-electron chi connectivity index (χ1n) is 6.39.